The van der Waals surface area contributed by atoms with Gasteiger partial charge in [-0.3, -0.25) is 0 Å². The van der Waals surface area contributed by atoms with Crippen molar-refractivity contribution in [2.24, 2.45) is 9.63 Å². The van der Waals surface area contributed by atoms with Gasteiger partial charge in [0.25, 0.3) is 10.0 Å². The first-order chi connectivity index (χ1) is 12.0. The molecule has 0 radical (unpaired) electrons. The fourth-order valence-corrected chi connectivity index (χ4v) is 3.49. The number of hydrogen-bond acceptors (Lipinski definition) is 4. The Balaban J connectivity index is 2.04. The Morgan fingerprint density at radius 2 is 1.72 bits per heavy atom. The van der Waals surface area contributed by atoms with Gasteiger partial charge in [-0.15, -0.1) is 5.11 Å². The number of aromatic nitrogens is 1. The molecule has 1 heterocycles. The van der Waals surface area contributed by atoms with E-state index in [1.165, 1.54) is 12.1 Å². The lowest BCUT2D eigenvalue weighted by atomic mass is 10.2. The lowest BCUT2D eigenvalue weighted by Crippen LogP contribution is -1.96. The minimum atomic E-state index is -3.93. The molecule has 2 aromatic carbocycles. The molecule has 6 nitrogen and oxygen atoms in total. The Labute approximate surface area is 146 Å². The topological polar surface area (TPSA) is 84.0 Å². The van der Waals surface area contributed by atoms with Crippen molar-refractivity contribution in [2.45, 2.75) is 31.7 Å². The predicted octanol–water partition coefficient (Wildman–Crippen LogP) is 4.40. The van der Waals surface area contributed by atoms with E-state index in [1.54, 1.807) is 28.8 Å². The normalized spacial score (nSPS) is 12.2. The molecule has 0 aliphatic rings. The third-order valence-electron chi connectivity index (χ3n) is 4.11. The van der Waals surface area contributed by atoms with Crippen molar-refractivity contribution in [3.63, 3.8) is 0 Å². The van der Waals surface area contributed by atoms with Crippen molar-refractivity contribution in [2.75, 3.05) is 0 Å². The van der Waals surface area contributed by atoms with Gasteiger partial charge in [-0.1, -0.05) is 41.8 Å². The van der Waals surface area contributed by atoms with E-state index in [-0.39, 0.29) is 16.5 Å². The average molecular weight is 357 g/mol. The maximum Gasteiger partial charge on any atom is 0.299 e. The standard InChI is InChI=1S/C18H19N3O3S/c1-3-13-9-11-14(12-10-13)25(23,24)20-19-17-15-7-5-6-8-16(15)21(4-2)18(17)22/h5-12,22H,3-4H2,1-2H3. The molecule has 130 valence electrons. The van der Waals surface area contributed by atoms with Crippen molar-refractivity contribution in [3.05, 3.63) is 54.1 Å². The summed E-state index contributed by atoms with van der Waals surface area (Å²) in [5.74, 6) is -0.0935. The van der Waals surface area contributed by atoms with Gasteiger partial charge in [-0.2, -0.15) is 8.42 Å². The second kappa shape index (κ2) is 6.68. The predicted molar refractivity (Wildman–Crippen MR) is 96.8 cm³/mol. The Morgan fingerprint density at radius 1 is 1.04 bits per heavy atom. The fraction of sp³-hybridized carbons (Fsp3) is 0.222. The summed E-state index contributed by atoms with van der Waals surface area (Å²) in [5, 5.41) is 14.9. The molecule has 0 aliphatic heterocycles. The van der Waals surface area contributed by atoms with Crippen LogP contribution >= 0.6 is 0 Å². The number of fused-ring (bicyclic) bond motifs is 1. The Kier molecular flexibility index (Phi) is 4.59. The summed E-state index contributed by atoms with van der Waals surface area (Å²) >= 11 is 0. The van der Waals surface area contributed by atoms with E-state index in [9.17, 15) is 13.5 Å². The van der Waals surface area contributed by atoms with Crippen LogP contribution in [0.1, 0.15) is 19.4 Å². The van der Waals surface area contributed by atoms with Crippen molar-refractivity contribution in [3.8, 4) is 5.88 Å². The average Bonchev–Trinajstić information content (AvgIpc) is 2.91. The molecular weight excluding hydrogens is 338 g/mol. The highest BCUT2D eigenvalue weighted by molar-refractivity contribution is 7.90. The molecule has 0 unspecified atom stereocenters. The second-order valence-corrected chi connectivity index (χ2v) is 7.17. The molecule has 0 atom stereocenters. The van der Waals surface area contributed by atoms with Crippen molar-refractivity contribution in [1.82, 2.24) is 4.57 Å². The number of benzene rings is 2. The molecule has 0 fully saturated rings. The monoisotopic (exact) mass is 357 g/mol. The summed E-state index contributed by atoms with van der Waals surface area (Å²) in [4.78, 5) is 0.0761. The van der Waals surface area contributed by atoms with Gasteiger partial charge in [0.05, 0.1) is 10.4 Å². The highest BCUT2D eigenvalue weighted by atomic mass is 32.2. The molecule has 1 N–H and O–H groups in total. The molecule has 0 spiro atoms. The number of nitrogens with zero attached hydrogens (tertiary/aromatic N) is 3. The Hall–Kier alpha value is -2.67. The number of rotatable bonds is 5. The largest absolute Gasteiger partial charge is 0.493 e. The molecule has 0 saturated carbocycles. The second-order valence-electron chi connectivity index (χ2n) is 5.59. The van der Waals surface area contributed by atoms with Crippen molar-refractivity contribution < 1.29 is 13.5 Å². The van der Waals surface area contributed by atoms with Gasteiger partial charge in [-0.05, 0) is 37.1 Å². The highest BCUT2D eigenvalue weighted by Gasteiger charge is 2.17. The lowest BCUT2D eigenvalue weighted by molar-refractivity contribution is 0.427. The third-order valence-corrected chi connectivity index (χ3v) is 5.28. The molecule has 0 bridgehead atoms. The minimum absolute atomic E-state index is 0.0761. The molecule has 1 aromatic heterocycles. The van der Waals surface area contributed by atoms with Crippen molar-refractivity contribution >= 4 is 26.6 Å². The third kappa shape index (κ3) is 3.15. The number of aryl methyl sites for hydroxylation is 2. The highest BCUT2D eigenvalue weighted by Crippen LogP contribution is 2.39. The number of hydrogen-bond donors (Lipinski definition) is 1. The van der Waals surface area contributed by atoms with Gasteiger partial charge in [-0.25, -0.2) is 0 Å². The molecule has 0 aliphatic carbocycles. The minimum Gasteiger partial charge on any atom is -0.493 e. The quantitative estimate of drug-likeness (QED) is 0.687. The molecule has 25 heavy (non-hydrogen) atoms. The fourth-order valence-electron chi connectivity index (χ4n) is 2.73. The van der Waals surface area contributed by atoms with E-state index < -0.39 is 10.0 Å². The summed E-state index contributed by atoms with van der Waals surface area (Å²) in [6.45, 7) is 4.42. The van der Waals surface area contributed by atoms with E-state index in [1.807, 2.05) is 26.0 Å². The zero-order valence-electron chi connectivity index (χ0n) is 14.0. The van der Waals surface area contributed by atoms with E-state index in [0.29, 0.717) is 11.9 Å². The molecular formula is C18H19N3O3S. The zero-order valence-corrected chi connectivity index (χ0v) is 14.9. The number of para-hydroxylation sites is 1. The van der Waals surface area contributed by atoms with Crippen LogP contribution in [0, 0.1) is 0 Å². The van der Waals surface area contributed by atoms with Crippen LogP contribution in [0.5, 0.6) is 5.88 Å². The first-order valence-electron chi connectivity index (χ1n) is 8.05. The van der Waals surface area contributed by atoms with Crippen LogP contribution in [0.2, 0.25) is 0 Å². The summed E-state index contributed by atoms with van der Waals surface area (Å²) < 4.78 is 30.0. The Morgan fingerprint density at radius 3 is 2.36 bits per heavy atom. The number of sulfonamides is 1. The van der Waals surface area contributed by atoms with Crippen LogP contribution in [0.3, 0.4) is 0 Å². The molecule has 0 amide bonds. The maximum absolute atomic E-state index is 12.4. The van der Waals surface area contributed by atoms with Gasteiger partial charge in [0.2, 0.25) is 5.88 Å². The van der Waals surface area contributed by atoms with Gasteiger partial charge in [0, 0.05) is 11.9 Å². The summed E-state index contributed by atoms with van der Waals surface area (Å²) in [6, 6.07) is 13.8. The van der Waals surface area contributed by atoms with E-state index in [0.717, 1.165) is 17.5 Å². The van der Waals surface area contributed by atoms with E-state index >= 15 is 0 Å². The van der Waals surface area contributed by atoms with Crippen LogP contribution < -0.4 is 0 Å². The summed E-state index contributed by atoms with van der Waals surface area (Å²) in [6.07, 6.45) is 0.826. The van der Waals surface area contributed by atoms with Crippen LogP contribution in [0.15, 0.2) is 63.1 Å². The first-order valence-corrected chi connectivity index (χ1v) is 9.49. The maximum atomic E-state index is 12.4. The molecule has 3 rings (SSSR count). The van der Waals surface area contributed by atoms with Crippen molar-refractivity contribution in [1.29, 1.82) is 0 Å². The first kappa shape index (κ1) is 17.2. The SMILES string of the molecule is CCc1ccc(S(=O)(=O)N=Nc2c(O)n(CC)c3ccccc23)cc1. The lowest BCUT2D eigenvalue weighted by Gasteiger charge is -2.01. The smallest absolute Gasteiger partial charge is 0.299 e. The molecule has 0 saturated heterocycles. The van der Waals surface area contributed by atoms with Gasteiger partial charge >= 0.3 is 0 Å². The van der Waals surface area contributed by atoms with Gasteiger partial charge in [0.15, 0.2) is 5.69 Å². The van der Waals surface area contributed by atoms with Crippen LogP contribution in [0.4, 0.5) is 5.69 Å². The zero-order chi connectivity index (χ0) is 18.0. The van der Waals surface area contributed by atoms with Crippen LogP contribution in [-0.4, -0.2) is 18.1 Å². The van der Waals surface area contributed by atoms with Crippen LogP contribution in [-0.2, 0) is 23.0 Å². The van der Waals surface area contributed by atoms with Gasteiger partial charge in [0.1, 0.15) is 0 Å². The van der Waals surface area contributed by atoms with Crippen LogP contribution in [0.25, 0.3) is 10.9 Å². The summed E-state index contributed by atoms with van der Waals surface area (Å²) in [5.41, 5.74) is 1.98. The van der Waals surface area contributed by atoms with E-state index in [4.69, 9.17) is 0 Å². The number of aromatic hydroxyl groups is 1. The van der Waals surface area contributed by atoms with E-state index in [2.05, 4.69) is 9.63 Å². The Bertz CT molecular complexity index is 1040. The molecule has 7 heteroatoms. The van der Waals surface area contributed by atoms with Gasteiger partial charge < -0.3 is 9.67 Å². The summed E-state index contributed by atoms with van der Waals surface area (Å²) in [7, 11) is -3.93. The molecule has 3 aromatic rings.